The van der Waals surface area contributed by atoms with Gasteiger partial charge in [0, 0.05) is 13.6 Å². The first kappa shape index (κ1) is 12.3. The number of aromatic nitrogens is 3. The molecule has 0 aliphatic carbocycles. The number of hydrogen-bond donors (Lipinski definition) is 1. The molecule has 1 atom stereocenters. The Morgan fingerprint density at radius 1 is 1.39 bits per heavy atom. The number of benzene rings is 1. The van der Waals surface area contributed by atoms with Gasteiger partial charge >= 0.3 is 0 Å². The molecule has 1 aromatic heterocycles. The molecule has 0 amide bonds. The summed E-state index contributed by atoms with van der Waals surface area (Å²) in [5, 5.41) is 20.2. The van der Waals surface area contributed by atoms with Crippen molar-refractivity contribution in [2.45, 2.75) is 12.5 Å². The summed E-state index contributed by atoms with van der Waals surface area (Å²) < 4.78 is 1.86. The monoisotopic (exact) mass is 241 g/mol. The number of nitrogens with zero attached hydrogens (tertiary/aromatic N) is 4. The molecule has 0 saturated heterocycles. The van der Waals surface area contributed by atoms with Crippen LogP contribution in [0.2, 0.25) is 0 Å². The summed E-state index contributed by atoms with van der Waals surface area (Å²) in [5.41, 5.74) is 1.03. The first-order valence-electron chi connectivity index (χ1n) is 5.79. The Labute approximate surface area is 106 Å². The summed E-state index contributed by atoms with van der Waals surface area (Å²) in [6.45, 7) is 1.22. The molecule has 2 aromatic rings. The van der Waals surface area contributed by atoms with Crippen molar-refractivity contribution in [2.24, 2.45) is 7.05 Å². The van der Waals surface area contributed by atoms with E-state index in [4.69, 9.17) is 5.26 Å². The highest BCUT2D eigenvalue weighted by atomic mass is 15.3. The van der Waals surface area contributed by atoms with E-state index < -0.39 is 0 Å². The molecule has 0 saturated carbocycles. The van der Waals surface area contributed by atoms with E-state index in [-0.39, 0.29) is 5.92 Å². The van der Waals surface area contributed by atoms with Gasteiger partial charge in [0.15, 0.2) is 0 Å². The zero-order chi connectivity index (χ0) is 12.8. The third kappa shape index (κ3) is 2.93. The van der Waals surface area contributed by atoms with Crippen LogP contribution in [0.5, 0.6) is 0 Å². The van der Waals surface area contributed by atoms with Gasteiger partial charge in [-0.1, -0.05) is 30.3 Å². The van der Waals surface area contributed by atoms with Crippen molar-refractivity contribution in [1.29, 1.82) is 5.26 Å². The molecule has 0 aliphatic heterocycles. The van der Waals surface area contributed by atoms with Gasteiger partial charge in [-0.25, -0.2) is 0 Å². The maximum atomic E-state index is 9.17. The maximum absolute atomic E-state index is 9.17. The molecule has 5 nitrogen and oxygen atoms in total. The van der Waals surface area contributed by atoms with Crippen molar-refractivity contribution in [3.05, 3.63) is 48.0 Å². The highest BCUT2D eigenvalue weighted by Crippen LogP contribution is 2.13. The topological polar surface area (TPSA) is 66.5 Å². The van der Waals surface area contributed by atoms with Gasteiger partial charge in [0.05, 0.1) is 18.5 Å². The van der Waals surface area contributed by atoms with Crippen LogP contribution < -0.4 is 5.32 Å². The molecule has 92 valence electrons. The van der Waals surface area contributed by atoms with E-state index in [9.17, 15) is 0 Å². The minimum Gasteiger partial charge on any atom is -0.320 e. The average Bonchev–Trinajstić information content (AvgIpc) is 2.81. The molecule has 0 fully saturated rings. The largest absolute Gasteiger partial charge is 0.320 e. The SMILES string of the molecule is Cn1cnnc1CNCC(C#N)c1ccccc1. The zero-order valence-electron chi connectivity index (χ0n) is 10.2. The van der Waals surface area contributed by atoms with Gasteiger partial charge in [-0.3, -0.25) is 0 Å². The second-order valence-electron chi connectivity index (χ2n) is 4.08. The Kier molecular flexibility index (Phi) is 4.05. The molecule has 0 bridgehead atoms. The summed E-state index contributed by atoms with van der Waals surface area (Å²) in [5.74, 6) is 0.721. The van der Waals surface area contributed by atoms with E-state index in [2.05, 4.69) is 21.6 Å². The van der Waals surface area contributed by atoms with Gasteiger partial charge in [-0.05, 0) is 5.56 Å². The molecular weight excluding hydrogens is 226 g/mol. The highest BCUT2D eigenvalue weighted by molar-refractivity contribution is 5.24. The molecular formula is C13H15N5. The van der Waals surface area contributed by atoms with Crippen LogP contribution in [-0.2, 0) is 13.6 Å². The fourth-order valence-corrected chi connectivity index (χ4v) is 1.72. The van der Waals surface area contributed by atoms with Crippen molar-refractivity contribution >= 4 is 0 Å². The summed E-state index contributed by atoms with van der Waals surface area (Å²) in [7, 11) is 1.90. The standard InChI is InChI=1S/C13H15N5/c1-18-10-16-17-13(18)9-15-8-12(7-14)11-5-3-2-4-6-11/h2-6,10,12,15H,8-9H2,1H3. The lowest BCUT2D eigenvalue weighted by Crippen LogP contribution is -2.22. The van der Waals surface area contributed by atoms with Crippen molar-refractivity contribution in [2.75, 3.05) is 6.54 Å². The molecule has 2 rings (SSSR count). The van der Waals surface area contributed by atoms with Crippen LogP contribution in [0, 0.1) is 11.3 Å². The predicted molar refractivity (Wildman–Crippen MR) is 67.5 cm³/mol. The van der Waals surface area contributed by atoms with Crippen molar-refractivity contribution in [1.82, 2.24) is 20.1 Å². The lowest BCUT2D eigenvalue weighted by Gasteiger charge is -2.10. The fourth-order valence-electron chi connectivity index (χ4n) is 1.72. The Morgan fingerprint density at radius 3 is 2.78 bits per heavy atom. The Bertz CT molecular complexity index is 526. The lowest BCUT2D eigenvalue weighted by atomic mass is 10.0. The number of hydrogen-bond acceptors (Lipinski definition) is 4. The average molecular weight is 241 g/mol. The Morgan fingerprint density at radius 2 is 2.17 bits per heavy atom. The minimum absolute atomic E-state index is 0.139. The normalized spacial score (nSPS) is 12.0. The van der Waals surface area contributed by atoms with Gasteiger partial charge < -0.3 is 9.88 Å². The molecule has 5 heteroatoms. The van der Waals surface area contributed by atoms with Crippen LogP contribution >= 0.6 is 0 Å². The van der Waals surface area contributed by atoms with Crippen molar-refractivity contribution in [3.8, 4) is 6.07 Å². The number of nitrogens with one attached hydrogen (secondary N) is 1. The summed E-state index contributed by atoms with van der Waals surface area (Å²) in [4.78, 5) is 0. The molecule has 0 aliphatic rings. The molecule has 1 aromatic carbocycles. The van der Waals surface area contributed by atoms with Gasteiger partial charge in [0.25, 0.3) is 0 Å². The van der Waals surface area contributed by atoms with E-state index in [0.717, 1.165) is 11.4 Å². The first-order chi connectivity index (χ1) is 8.81. The zero-order valence-corrected chi connectivity index (χ0v) is 10.2. The van der Waals surface area contributed by atoms with Gasteiger partial charge in [0.2, 0.25) is 0 Å². The van der Waals surface area contributed by atoms with E-state index >= 15 is 0 Å². The quantitative estimate of drug-likeness (QED) is 0.854. The second-order valence-corrected chi connectivity index (χ2v) is 4.08. The highest BCUT2D eigenvalue weighted by Gasteiger charge is 2.10. The smallest absolute Gasteiger partial charge is 0.146 e. The van der Waals surface area contributed by atoms with Crippen LogP contribution in [0.1, 0.15) is 17.3 Å². The van der Waals surface area contributed by atoms with E-state index in [1.807, 2.05) is 41.9 Å². The van der Waals surface area contributed by atoms with Crippen molar-refractivity contribution < 1.29 is 0 Å². The minimum atomic E-state index is -0.139. The number of nitriles is 1. The third-order valence-corrected chi connectivity index (χ3v) is 2.79. The Balaban J connectivity index is 1.89. The first-order valence-corrected chi connectivity index (χ1v) is 5.79. The third-order valence-electron chi connectivity index (χ3n) is 2.79. The van der Waals surface area contributed by atoms with Crippen LogP contribution in [0.15, 0.2) is 36.7 Å². The van der Waals surface area contributed by atoms with Gasteiger partial charge in [-0.15, -0.1) is 10.2 Å². The van der Waals surface area contributed by atoms with Gasteiger partial charge in [-0.2, -0.15) is 5.26 Å². The second kappa shape index (κ2) is 5.94. The Hall–Kier alpha value is -2.19. The van der Waals surface area contributed by atoms with Gasteiger partial charge in [0.1, 0.15) is 12.2 Å². The summed E-state index contributed by atoms with van der Waals surface area (Å²) in [6, 6.07) is 12.1. The van der Waals surface area contributed by atoms with E-state index in [1.54, 1.807) is 6.33 Å². The maximum Gasteiger partial charge on any atom is 0.146 e. The van der Waals surface area contributed by atoms with Crippen LogP contribution in [-0.4, -0.2) is 21.3 Å². The molecule has 1 heterocycles. The van der Waals surface area contributed by atoms with Crippen molar-refractivity contribution in [3.63, 3.8) is 0 Å². The van der Waals surface area contributed by atoms with E-state index in [0.29, 0.717) is 13.1 Å². The number of aryl methyl sites for hydroxylation is 1. The molecule has 1 unspecified atom stereocenters. The van der Waals surface area contributed by atoms with Crippen LogP contribution in [0.3, 0.4) is 0 Å². The molecule has 18 heavy (non-hydrogen) atoms. The van der Waals surface area contributed by atoms with Crippen LogP contribution in [0.25, 0.3) is 0 Å². The van der Waals surface area contributed by atoms with Crippen LogP contribution in [0.4, 0.5) is 0 Å². The molecule has 0 radical (unpaired) electrons. The van der Waals surface area contributed by atoms with E-state index in [1.165, 1.54) is 0 Å². The summed E-state index contributed by atoms with van der Waals surface area (Å²) >= 11 is 0. The summed E-state index contributed by atoms with van der Waals surface area (Å²) in [6.07, 6.45) is 1.66. The number of rotatable bonds is 5. The molecule has 0 spiro atoms. The lowest BCUT2D eigenvalue weighted by molar-refractivity contribution is 0.613. The molecule has 1 N–H and O–H groups in total. The fraction of sp³-hybridized carbons (Fsp3) is 0.308. The predicted octanol–water partition coefficient (Wildman–Crippen LogP) is 1.21.